The Bertz CT molecular complexity index is 228. The van der Waals surface area contributed by atoms with Crippen LogP contribution in [0.3, 0.4) is 0 Å². The van der Waals surface area contributed by atoms with Gasteiger partial charge in [-0.05, 0) is 30.7 Å². The van der Waals surface area contributed by atoms with Crippen LogP contribution in [0.25, 0.3) is 0 Å². The summed E-state index contributed by atoms with van der Waals surface area (Å²) < 4.78 is 0. The smallest absolute Gasteiger partial charge is 0.222 e. The first-order valence-corrected chi connectivity index (χ1v) is 5.95. The highest BCUT2D eigenvalue weighted by Gasteiger charge is 2.34. The standard InChI is InChI=1S/C12H24N2O/c1-10(2)4-5-11(15)14-7-6-12(3,8-13)9-14/h10H,4-9,13H2,1-3H3. The Morgan fingerprint density at radius 2 is 2.20 bits per heavy atom. The van der Waals surface area contributed by atoms with E-state index in [0.29, 0.717) is 24.8 Å². The van der Waals surface area contributed by atoms with Gasteiger partial charge in [-0.2, -0.15) is 0 Å². The van der Waals surface area contributed by atoms with E-state index in [4.69, 9.17) is 5.73 Å². The molecule has 2 N–H and O–H groups in total. The molecule has 1 unspecified atom stereocenters. The predicted molar refractivity (Wildman–Crippen MR) is 62.4 cm³/mol. The van der Waals surface area contributed by atoms with Gasteiger partial charge >= 0.3 is 0 Å². The van der Waals surface area contributed by atoms with Gasteiger partial charge in [0.05, 0.1) is 0 Å². The van der Waals surface area contributed by atoms with Crippen molar-refractivity contribution in [3.63, 3.8) is 0 Å². The van der Waals surface area contributed by atoms with E-state index in [1.807, 2.05) is 4.90 Å². The first-order chi connectivity index (χ1) is 6.97. The van der Waals surface area contributed by atoms with Crippen LogP contribution in [0.1, 0.15) is 40.0 Å². The Morgan fingerprint density at radius 1 is 1.53 bits per heavy atom. The van der Waals surface area contributed by atoms with Crippen molar-refractivity contribution in [2.45, 2.75) is 40.0 Å². The van der Waals surface area contributed by atoms with Crippen LogP contribution in [0.15, 0.2) is 0 Å². The summed E-state index contributed by atoms with van der Waals surface area (Å²) in [6.45, 7) is 8.90. The predicted octanol–water partition coefficient (Wildman–Crippen LogP) is 1.62. The second-order valence-electron chi connectivity index (χ2n) is 5.51. The Hall–Kier alpha value is -0.570. The monoisotopic (exact) mass is 212 g/mol. The third-order valence-electron chi connectivity index (χ3n) is 3.34. The molecule has 0 radical (unpaired) electrons. The SMILES string of the molecule is CC(C)CCC(=O)N1CCC(C)(CN)C1. The molecule has 0 aromatic heterocycles. The third kappa shape index (κ3) is 3.49. The highest BCUT2D eigenvalue weighted by atomic mass is 16.2. The molecule has 1 rings (SSSR count). The Kier molecular flexibility index (Phi) is 4.14. The molecular formula is C12H24N2O. The first-order valence-electron chi connectivity index (χ1n) is 5.95. The summed E-state index contributed by atoms with van der Waals surface area (Å²) in [7, 11) is 0. The van der Waals surface area contributed by atoms with Gasteiger partial charge in [0.1, 0.15) is 0 Å². The minimum Gasteiger partial charge on any atom is -0.342 e. The van der Waals surface area contributed by atoms with Crippen LogP contribution >= 0.6 is 0 Å². The van der Waals surface area contributed by atoms with E-state index < -0.39 is 0 Å². The summed E-state index contributed by atoms with van der Waals surface area (Å²) in [6.07, 6.45) is 2.74. The number of carbonyl (C=O) groups excluding carboxylic acids is 1. The fraction of sp³-hybridized carbons (Fsp3) is 0.917. The maximum atomic E-state index is 11.8. The van der Waals surface area contributed by atoms with Crippen LogP contribution in [0.4, 0.5) is 0 Å². The molecule has 1 amide bonds. The van der Waals surface area contributed by atoms with Gasteiger partial charge in [-0.3, -0.25) is 4.79 Å². The minimum atomic E-state index is 0.160. The zero-order valence-electron chi connectivity index (χ0n) is 10.3. The number of carbonyl (C=O) groups is 1. The lowest BCUT2D eigenvalue weighted by Gasteiger charge is -2.22. The van der Waals surface area contributed by atoms with Gasteiger partial charge < -0.3 is 10.6 Å². The fourth-order valence-electron chi connectivity index (χ4n) is 1.97. The van der Waals surface area contributed by atoms with E-state index in [0.717, 1.165) is 25.9 Å². The van der Waals surface area contributed by atoms with Gasteiger partial charge in [-0.25, -0.2) is 0 Å². The zero-order chi connectivity index (χ0) is 11.5. The van der Waals surface area contributed by atoms with Gasteiger partial charge in [0.2, 0.25) is 5.91 Å². The maximum absolute atomic E-state index is 11.8. The summed E-state index contributed by atoms with van der Waals surface area (Å²) in [5.41, 5.74) is 5.87. The van der Waals surface area contributed by atoms with Gasteiger partial charge in [-0.1, -0.05) is 20.8 Å². The lowest BCUT2D eigenvalue weighted by molar-refractivity contribution is -0.130. The quantitative estimate of drug-likeness (QED) is 0.769. The van der Waals surface area contributed by atoms with Crippen LogP contribution in [-0.2, 0) is 4.79 Å². The zero-order valence-corrected chi connectivity index (χ0v) is 10.3. The van der Waals surface area contributed by atoms with Crippen molar-refractivity contribution >= 4 is 5.91 Å². The highest BCUT2D eigenvalue weighted by Crippen LogP contribution is 2.29. The maximum Gasteiger partial charge on any atom is 0.222 e. The molecule has 1 heterocycles. The molecule has 0 aromatic rings. The molecule has 0 aliphatic carbocycles. The molecule has 15 heavy (non-hydrogen) atoms. The van der Waals surface area contributed by atoms with Crippen LogP contribution < -0.4 is 5.73 Å². The number of rotatable bonds is 4. The summed E-state index contributed by atoms with van der Waals surface area (Å²) in [4.78, 5) is 13.8. The van der Waals surface area contributed by atoms with Gasteiger partial charge in [-0.15, -0.1) is 0 Å². The first kappa shape index (κ1) is 12.5. The van der Waals surface area contributed by atoms with E-state index >= 15 is 0 Å². The normalized spacial score (nSPS) is 26.3. The lowest BCUT2D eigenvalue weighted by Crippen LogP contribution is -2.34. The van der Waals surface area contributed by atoms with Crippen molar-refractivity contribution in [3.8, 4) is 0 Å². The van der Waals surface area contributed by atoms with Crippen LogP contribution in [-0.4, -0.2) is 30.4 Å². The van der Waals surface area contributed by atoms with Crippen molar-refractivity contribution in [1.29, 1.82) is 0 Å². The van der Waals surface area contributed by atoms with Gasteiger partial charge in [0, 0.05) is 19.5 Å². The average Bonchev–Trinajstić information content (AvgIpc) is 2.58. The number of hydrogen-bond acceptors (Lipinski definition) is 2. The number of amides is 1. The molecule has 1 aliphatic rings. The van der Waals surface area contributed by atoms with Crippen LogP contribution in [0.5, 0.6) is 0 Å². The summed E-state index contributed by atoms with van der Waals surface area (Å²) in [5, 5.41) is 0. The molecule has 1 atom stereocenters. The number of hydrogen-bond donors (Lipinski definition) is 1. The second kappa shape index (κ2) is 4.97. The van der Waals surface area contributed by atoms with Crippen molar-refractivity contribution in [1.82, 2.24) is 4.90 Å². The lowest BCUT2D eigenvalue weighted by atomic mass is 9.90. The van der Waals surface area contributed by atoms with Crippen molar-refractivity contribution in [2.75, 3.05) is 19.6 Å². The van der Waals surface area contributed by atoms with E-state index in [1.165, 1.54) is 0 Å². The van der Waals surface area contributed by atoms with Crippen LogP contribution in [0, 0.1) is 11.3 Å². The van der Waals surface area contributed by atoms with Crippen molar-refractivity contribution < 1.29 is 4.79 Å². The Labute approximate surface area is 93.0 Å². The molecule has 1 aliphatic heterocycles. The third-order valence-corrected chi connectivity index (χ3v) is 3.34. The summed E-state index contributed by atoms with van der Waals surface area (Å²) >= 11 is 0. The Balaban J connectivity index is 2.37. The molecule has 88 valence electrons. The molecule has 0 spiro atoms. The minimum absolute atomic E-state index is 0.160. The Morgan fingerprint density at radius 3 is 2.67 bits per heavy atom. The summed E-state index contributed by atoms with van der Waals surface area (Å²) in [6, 6.07) is 0. The van der Waals surface area contributed by atoms with E-state index in [9.17, 15) is 4.79 Å². The van der Waals surface area contributed by atoms with Gasteiger partial charge in [0.15, 0.2) is 0 Å². The molecule has 1 saturated heterocycles. The summed E-state index contributed by atoms with van der Waals surface area (Å²) in [5.74, 6) is 0.915. The largest absolute Gasteiger partial charge is 0.342 e. The molecule has 0 aromatic carbocycles. The molecule has 3 nitrogen and oxygen atoms in total. The van der Waals surface area contributed by atoms with Crippen LogP contribution in [0.2, 0.25) is 0 Å². The molecule has 0 saturated carbocycles. The second-order valence-corrected chi connectivity index (χ2v) is 5.51. The fourth-order valence-corrected chi connectivity index (χ4v) is 1.97. The topological polar surface area (TPSA) is 46.3 Å². The van der Waals surface area contributed by atoms with E-state index in [1.54, 1.807) is 0 Å². The number of nitrogens with two attached hydrogens (primary N) is 1. The van der Waals surface area contributed by atoms with E-state index in [2.05, 4.69) is 20.8 Å². The van der Waals surface area contributed by atoms with E-state index in [-0.39, 0.29) is 5.41 Å². The highest BCUT2D eigenvalue weighted by molar-refractivity contribution is 5.76. The molecule has 0 bridgehead atoms. The molecular weight excluding hydrogens is 188 g/mol. The van der Waals surface area contributed by atoms with Crippen molar-refractivity contribution in [2.24, 2.45) is 17.1 Å². The molecule has 1 fully saturated rings. The average molecular weight is 212 g/mol. The molecule has 3 heteroatoms. The number of likely N-dealkylation sites (tertiary alicyclic amines) is 1. The van der Waals surface area contributed by atoms with Gasteiger partial charge in [0.25, 0.3) is 0 Å². The number of nitrogens with zero attached hydrogens (tertiary/aromatic N) is 1. The van der Waals surface area contributed by atoms with Crippen molar-refractivity contribution in [3.05, 3.63) is 0 Å².